The molecule has 0 aromatic heterocycles. The second-order valence-electron chi connectivity index (χ2n) is 5.04. The third-order valence-corrected chi connectivity index (χ3v) is 3.87. The van der Waals surface area contributed by atoms with Gasteiger partial charge in [-0.1, -0.05) is 37.3 Å². The lowest BCUT2D eigenvalue weighted by atomic mass is 9.86. The highest BCUT2D eigenvalue weighted by Crippen LogP contribution is 2.26. The molecule has 0 spiro atoms. The maximum absolute atomic E-state index is 12.7. The summed E-state index contributed by atoms with van der Waals surface area (Å²) in [5.41, 5.74) is 6.46. The van der Waals surface area contributed by atoms with E-state index in [2.05, 4.69) is 0 Å². The van der Waals surface area contributed by atoms with Crippen molar-refractivity contribution < 1.29 is 4.79 Å². The molecule has 0 bridgehead atoms. The second-order valence-corrected chi connectivity index (χ2v) is 5.04. The first-order chi connectivity index (χ1) is 8.68. The molecule has 2 rings (SSSR count). The minimum atomic E-state index is -0.863. The number of hydrogen-bond acceptors (Lipinski definition) is 2. The lowest BCUT2D eigenvalue weighted by Gasteiger charge is -2.36. The molecule has 1 atom stereocenters. The summed E-state index contributed by atoms with van der Waals surface area (Å²) in [6.45, 7) is 3.68. The van der Waals surface area contributed by atoms with Crippen LogP contribution in [0, 0.1) is 0 Å². The molecule has 0 saturated carbocycles. The van der Waals surface area contributed by atoms with Gasteiger partial charge in [0.05, 0.1) is 0 Å². The lowest BCUT2D eigenvalue weighted by molar-refractivity contribution is -0.138. The zero-order valence-corrected chi connectivity index (χ0v) is 11.1. The van der Waals surface area contributed by atoms with Gasteiger partial charge in [0.25, 0.3) is 0 Å². The van der Waals surface area contributed by atoms with E-state index in [-0.39, 0.29) is 5.91 Å². The molecule has 0 radical (unpaired) electrons. The van der Waals surface area contributed by atoms with Crippen LogP contribution in [0.15, 0.2) is 30.3 Å². The van der Waals surface area contributed by atoms with Gasteiger partial charge in [-0.15, -0.1) is 0 Å². The van der Waals surface area contributed by atoms with Crippen LogP contribution in [0.25, 0.3) is 0 Å². The highest BCUT2D eigenvalue weighted by Gasteiger charge is 2.37. The molecule has 0 aliphatic carbocycles. The van der Waals surface area contributed by atoms with E-state index in [1.807, 2.05) is 42.2 Å². The number of carbonyl (C=O) groups is 1. The fourth-order valence-electron chi connectivity index (χ4n) is 2.59. The van der Waals surface area contributed by atoms with Crippen LogP contribution in [-0.4, -0.2) is 23.9 Å². The summed E-state index contributed by atoms with van der Waals surface area (Å²) in [6.07, 6.45) is 4.05. The number of likely N-dealkylation sites (tertiary alicyclic amines) is 1. The fraction of sp³-hybridized carbons (Fsp3) is 0.533. The van der Waals surface area contributed by atoms with Crippen LogP contribution in [0.4, 0.5) is 0 Å². The highest BCUT2D eigenvalue weighted by molar-refractivity contribution is 5.87. The summed E-state index contributed by atoms with van der Waals surface area (Å²) in [5.74, 6) is 0.0795. The summed E-state index contributed by atoms with van der Waals surface area (Å²) in [7, 11) is 0. The van der Waals surface area contributed by atoms with Crippen molar-refractivity contribution in [1.29, 1.82) is 0 Å². The maximum Gasteiger partial charge on any atom is 0.247 e. The zero-order valence-electron chi connectivity index (χ0n) is 11.1. The van der Waals surface area contributed by atoms with Crippen molar-refractivity contribution in [3.05, 3.63) is 35.9 Å². The van der Waals surface area contributed by atoms with Crippen LogP contribution < -0.4 is 5.73 Å². The highest BCUT2D eigenvalue weighted by atomic mass is 16.2. The minimum absolute atomic E-state index is 0.0795. The Morgan fingerprint density at radius 3 is 2.39 bits per heavy atom. The Kier molecular flexibility index (Phi) is 4.02. The average molecular weight is 246 g/mol. The maximum atomic E-state index is 12.7. The molecular formula is C15H22N2O. The van der Waals surface area contributed by atoms with E-state index in [0.717, 1.165) is 31.5 Å². The van der Waals surface area contributed by atoms with Crippen molar-refractivity contribution in [3.63, 3.8) is 0 Å². The number of hydrogen-bond donors (Lipinski definition) is 1. The van der Waals surface area contributed by atoms with Gasteiger partial charge < -0.3 is 10.6 Å². The van der Waals surface area contributed by atoms with Gasteiger partial charge >= 0.3 is 0 Å². The Morgan fingerprint density at radius 2 is 1.83 bits per heavy atom. The van der Waals surface area contributed by atoms with E-state index in [0.29, 0.717) is 6.42 Å². The molecule has 1 aliphatic heterocycles. The SMILES string of the molecule is CCC(N)(C(=O)N1CCCCC1)c1ccccc1. The molecule has 1 unspecified atom stereocenters. The standard InChI is InChI=1S/C15H22N2O/c1-2-15(16,13-9-5-3-6-10-13)14(18)17-11-7-4-8-12-17/h3,5-6,9-10H,2,4,7-8,11-12,16H2,1H3. The smallest absolute Gasteiger partial charge is 0.247 e. The molecule has 98 valence electrons. The first-order valence-electron chi connectivity index (χ1n) is 6.82. The summed E-state index contributed by atoms with van der Waals surface area (Å²) in [5, 5.41) is 0. The van der Waals surface area contributed by atoms with Gasteiger partial charge in [-0.05, 0) is 31.2 Å². The van der Waals surface area contributed by atoms with Crippen LogP contribution in [0.1, 0.15) is 38.2 Å². The van der Waals surface area contributed by atoms with Crippen molar-refractivity contribution in [2.24, 2.45) is 5.73 Å². The molecule has 18 heavy (non-hydrogen) atoms. The predicted molar refractivity (Wildman–Crippen MR) is 73.0 cm³/mol. The number of nitrogens with two attached hydrogens (primary N) is 1. The molecule has 3 heteroatoms. The molecule has 1 heterocycles. The van der Waals surface area contributed by atoms with Gasteiger partial charge in [0.15, 0.2) is 0 Å². The van der Waals surface area contributed by atoms with E-state index in [1.165, 1.54) is 6.42 Å². The molecular weight excluding hydrogens is 224 g/mol. The van der Waals surface area contributed by atoms with Gasteiger partial charge in [-0.2, -0.15) is 0 Å². The van der Waals surface area contributed by atoms with Crippen LogP contribution in [0.5, 0.6) is 0 Å². The topological polar surface area (TPSA) is 46.3 Å². The van der Waals surface area contributed by atoms with E-state index in [9.17, 15) is 4.79 Å². The van der Waals surface area contributed by atoms with Gasteiger partial charge in [0, 0.05) is 13.1 Å². The van der Waals surface area contributed by atoms with Gasteiger partial charge in [-0.25, -0.2) is 0 Å². The quantitative estimate of drug-likeness (QED) is 0.889. The Labute approximate surface area is 109 Å². The van der Waals surface area contributed by atoms with Crippen molar-refractivity contribution >= 4 is 5.91 Å². The molecule has 1 aromatic rings. The second kappa shape index (κ2) is 5.53. The molecule has 3 nitrogen and oxygen atoms in total. The normalized spacial score (nSPS) is 19.3. The summed E-state index contributed by atoms with van der Waals surface area (Å²) in [4.78, 5) is 14.6. The molecule has 1 amide bonds. The number of carbonyl (C=O) groups excluding carboxylic acids is 1. The average Bonchev–Trinajstić information content (AvgIpc) is 2.47. The van der Waals surface area contributed by atoms with Gasteiger partial charge in [0.1, 0.15) is 5.54 Å². The summed E-state index contributed by atoms with van der Waals surface area (Å²) < 4.78 is 0. The molecule has 1 saturated heterocycles. The molecule has 1 fully saturated rings. The molecule has 1 aliphatic rings. The lowest BCUT2D eigenvalue weighted by Crippen LogP contribution is -2.53. The largest absolute Gasteiger partial charge is 0.341 e. The van der Waals surface area contributed by atoms with Gasteiger partial charge in [0.2, 0.25) is 5.91 Å². The minimum Gasteiger partial charge on any atom is -0.341 e. The number of piperidine rings is 1. The van der Waals surface area contributed by atoms with Gasteiger partial charge in [-0.3, -0.25) is 4.79 Å². The van der Waals surface area contributed by atoms with Crippen molar-refractivity contribution in [2.75, 3.05) is 13.1 Å². The number of rotatable bonds is 3. The zero-order chi connectivity index (χ0) is 13.0. The van der Waals surface area contributed by atoms with E-state index < -0.39 is 5.54 Å². The van der Waals surface area contributed by atoms with Crippen LogP contribution >= 0.6 is 0 Å². The van der Waals surface area contributed by atoms with E-state index in [4.69, 9.17) is 5.73 Å². The summed E-state index contributed by atoms with van der Waals surface area (Å²) in [6, 6.07) is 9.73. The fourth-order valence-corrected chi connectivity index (χ4v) is 2.59. The first-order valence-corrected chi connectivity index (χ1v) is 6.82. The van der Waals surface area contributed by atoms with E-state index >= 15 is 0 Å². The molecule has 1 aromatic carbocycles. The Hall–Kier alpha value is -1.35. The Morgan fingerprint density at radius 1 is 1.22 bits per heavy atom. The molecule has 2 N–H and O–H groups in total. The van der Waals surface area contributed by atoms with Crippen LogP contribution in [-0.2, 0) is 10.3 Å². The summed E-state index contributed by atoms with van der Waals surface area (Å²) >= 11 is 0. The third kappa shape index (κ3) is 2.41. The van der Waals surface area contributed by atoms with Crippen molar-refractivity contribution in [1.82, 2.24) is 4.90 Å². The van der Waals surface area contributed by atoms with Crippen molar-refractivity contribution in [2.45, 2.75) is 38.1 Å². The Balaban J connectivity index is 2.23. The monoisotopic (exact) mass is 246 g/mol. The van der Waals surface area contributed by atoms with Crippen LogP contribution in [0.2, 0.25) is 0 Å². The number of amides is 1. The van der Waals surface area contributed by atoms with E-state index in [1.54, 1.807) is 0 Å². The number of benzene rings is 1. The van der Waals surface area contributed by atoms with Crippen molar-refractivity contribution in [3.8, 4) is 0 Å². The number of nitrogens with zero attached hydrogens (tertiary/aromatic N) is 1. The Bertz CT molecular complexity index is 398. The first kappa shape index (κ1) is 13.1. The predicted octanol–water partition coefficient (Wildman–Crippen LogP) is 2.26. The van der Waals surface area contributed by atoms with Crippen LogP contribution in [0.3, 0.4) is 0 Å². The third-order valence-electron chi connectivity index (χ3n) is 3.87.